The summed E-state index contributed by atoms with van der Waals surface area (Å²) in [5.74, 6) is 1.37. The molecule has 2 aromatic rings. The minimum absolute atomic E-state index is 0.00482. The van der Waals surface area contributed by atoms with E-state index in [1.165, 1.54) is 19.3 Å². The lowest BCUT2D eigenvalue weighted by molar-refractivity contribution is -0.135. The second-order valence-corrected chi connectivity index (χ2v) is 11.0. The number of hydrogen-bond donors (Lipinski definition) is 1. The second-order valence-electron chi connectivity index (χ2n) is 11.0. The number of furan rings is 1. The van der Waals surface area contributed by atoms with E-state index in [1.807, 2.05) is 40.7 Å². The molecule has 2 aromatic heterocycles. The van der Waals surface area contributed by atoms with Crippen molar-refractivity contribution in [2.24, 2.45) is 5.92 Å². The predicted octanol–water partition coefficient (Wildman–Crippen LogP) is 5.77. The second kappa shape index (κ2) is 9.63. The lowest BCUT2D eigenvalue weighted by Crippen LogP contribution is -2.67. The molecule has 0 radical (unpaired) electrons. The van der Waals surface area contributed by atoms with Crippen LogP contribution in [0.25, 0.3) is 11.5 Å². The molecule has 6 nitrogen and oxygen atoms in total. The van der Waals surface area contributed by atoms with Gasteiger partial charge in [0.05, 0.1) is 18.5 Å². The van der Waals surface area contributed by atoms with E-state index in [4.69, 9.17) is 4.42 Å². The van der Waals surface area contributed by atoms with Gasteiger partial charge in [0, 0.05) is 12.1 Å². The highest BCUT2D eigenvalue weighted by Gasteiger charge is 2.51. The fourth-order valence-electron chi connectivity index (χ4n) is 6.39. The Morgan fingerprint density at radius 1 is 0.971 bits per heavy atom. The summed E-state index contributed by atoms with van der Waals surface area (Å²) in [6.07, 6.45) is 14.0. The average Bonchev–Trinajstić information content (AvgIpc) is 3.46. The molecule has 1 N–H and O–H groups in total. The van der Waals surface area contributed by atoms with Crippen molar-refractivity contribution in [3.8, 4) is 11.5 Å². The van der Waals surface area contributed by atoms with Crippen molar-refractivity contribution in [2.75, 3.05) is 0 Å². The van der Waals surface area contributed by atoms with E-state index >= 15 is 0 Å². The van der Waals surface area contributed by atoms with E-state index in [1.54, 1.807) is 6.26 Å². The Balaban J connectivity index is 1.48. The quantitative estimate of drug-likeness (QED) is 0.623. The lowest BCUT2D eigenvalue weighted by Gasteiger charge is -2.50. The number of aromatic nitrogens is 1. The van der Waals surface area contributed by atoms with Crippen LogP contribution in [-0.4, -0.2) is 38.9 Å². The molecule has 34 heavy (non-hydrogen) atoms. The Morgan fingerprint density at radius 2 is 1.65 bits per heavy atom. The van der Waals surface area contributed by atoms with Gasteiger partial charge in [-0.15, -0.1) is 0 Å². The van der Waals surface area contributed by atoms with E-state index in [-0.39, 0.29) is 23.9 Å². The van der Waals surface area contributed by atoms with Crippen LogP contribution in [0.5, 0.6) is 0 Å². The molecule has 1 atom stereocenters. The van der Waals surface area contributed by atoms with E-state index in [0.29, 0.717) is 18.2 Å². The number of carbonyl (C=O) groups excluding carboxylic acids is 2. The van der Waals surface area contributed by atoms with Crippen molar-refractivity contribution in [1.29, 1.82) is 0 Å². The molecule has 2 amide bonds. The van der Waals surface area contributed by atoms with E-state index < -0.39 is 5.54 Å². The van der Waals surface area contributed by atoms with Crippen LogP contribution in [0.2, 0.25) is 0 Å². The maximum absolute atomic E-state index is 14.0. The molecule has 3 aliphatic rings. The normalized spacial score (nSPS) is 28.8. The minimum atomic E-state index is -0.932. The number of amides is 2. The zero-order valence-corrected chi connectivity index (χ0v) is 20.7. The number of nitrogens with one attached hydrogen (secondary N) is 1. The van der Waals surface area contributed by atoms with Crippen molar-refractivity contribution in [1.82, 2.24) is 14.8 Å². The van der Waals surface area contributed by atoms with Gasteiger partial charge in [-0.3, -0.25) is 9.59 Å². The first kappa shape index (κ1) is 23.3. The Hall–Kier alpha value is -2.50. The van der Waals surface area contributed by atoms with Crippen LogP contribution in [0.1, 0.15) is 95.0 Å². The first-order valence-electron chi connectivity index (χ1n) is 13.4. The van der Waals surface area contributed by atoms with Crippen LogP contribution in [0.15, 0.2) is 34.9 Å². The van der Waals surface area contributed by atoms with Crippen molar-refractivity contribution in [3.05, 3.63) is 36.2 Å². The van der Waals surface area contributed by atoms with E-state index in [0.717, 1.165) is 62.8 Å². The average molecular weight is 466 g/mol. The highest BCUT2D eigenvalue weighted by atomic mass is 16.3. The van der Waals surface area contributed by atoms with Crippen LogP contribution in [0.3, 0.4) is 0 Å². The van der Waals surface area contributed by atoms with Crippen LogP contribution in [-0.2, 0) is 11.3 Å². The summed E-state index contributed by atoms with van der Waals surface area (Å²) < 4.78 is 7.66. The van der Waals surface area contributed by atoms with Gasteiger partial charge in [-0.2, -0.15) is 0 Å². The molecule has 5 rings (SSSR count). The van der Waals surface area contributed by atoms with Gasteiger partial charge in [-0.05, 0) is 75.6 Å². The summed E-state index contributed by atoms with van der Waals surface area (Å²) in [5, 5.41) is 3.40. The lowest BCUT2D eigenvalue weighted by atomic mass is 9.82. The molecule has 6 heteroatoms. The van der Waals surface area contributed by atoms with Gasteiger partial charge in [-0.25, -0.2) is 0 Å². The topological polar surface area (TPSA) is 67.5 Å². The van der Waals surface area contributed by atoms with Gasteiger partial charge >= 0.3 is 0 Å². The zero-order chi connectivity index (χ0) is 23.7. The summed E-state index contributed by atoms with van der Waals surface area (Å²) in [4.78, 5) is 30.0. The smallest absolute Gasteiger partial charge is 0.271 e. The van der Waals surface area contributed by atoms with Crippen molar-refractivity contribution >= 4 is 11.8 Å². The number of fused-ring (bicyclic) bond motifs is 1. The minimum Gasteiger partial charge on any atom is -0.463 e. The molecule has 2 saturated carbocycles. The summed E-state index contributed by atoms with van der Waals surface area (Å²) in [6, 6.07) is 7.91. The molecule has 0 saturated heterocycles. The molecule has 3 heterocycles. The van der Waals surface area contributed by atoms with Gasteiger partial charge in [0.2, 0.25) is 5.91 Å². The van der Waals surface area contributed by atoms with Gasteiger partial charge in [0.25, 0.3) is 5.91 Å². The Morgan fingerprint density at radius 3 is 2.32 bits per heavy atom. The number of carbonyl (C=O) groups is 2. The van der Waals surface area contributed by atoms with Crippen LogP contribution in [0.4, 0.5) is 0 Å². The maximum atomic E-state index is 14.0. The largest absolute Gasteiger partial charge is 0.463 e. The van der Waals surface area contributed by atoms with E-state index in [2.05, 4.69) is 12.2 Å². The molecule has 184 valence electrons. The molecule has 0 aromatic carbocycles. The number of hydrogen-bond acceptors (Lipinski definition) is 3. The zero-order valence-electron chi connectivity index (χ0n) is 20.7. The van der Waals surface area contributed by atoms with Crippen molar-refractivity contribution in [3.63, 3.8) is 0 Å². The molecular weight excluding hydrogens is 426 g/mol. The van der Waals surface area contributed by atoms with Gasteiger partial charge in [0.1, 0.15) is 17.0 Å². The summed E-state index contributed by atoms with van der Waals surface area (Å²) in [7, 11) is 0. The molecule has 1 aliphatic heterocycles. The number of nitrogens with zero attached hydrogens (tertiary/aromatic N) is 2. The molecule has 0 spiro atoms. The highest BCUT2D eigenvalue weighted by molar-refractivity contribution is 6.00. The molecule has 0 unspecified atom stereocenters. The number of rotatable bonds is 4. The molecule has 2 aliphatic carbocycles. The fourth-order valence-corrected chi connectivity index (χ4v) is 6.39. The van der Waals surface area contributed by atoms with Gasteiger partial charge in [0.15, 0.2) is 0 Å². The molecule has 0 bridgehead atoms. The predicted molar refractivity (Wildman–Crippen MR) is 132 cm³/mol. The fraction of sp³-hybridized carbons (Fsp3) is 0.643. The highest BCUT2D eigenvalue weighted by Crippen LogP contribution is 2.38. The van der Waals surface area contributed by atoms with Crippen molar-refractivity contribution in [2.45, 2.75) is 109 Å². The third-order valence-electron chi connectivity index (χ3n) is 8.47. The summed E-state index contributed by atoms with van der Waals surface area (Å²) >= 11 is 0. The summed E-state index contributed by atoms with van der Waals surface area (Å²) in [5.41, 5.74) is 0.578. The molecule has 2 fully saturated rings. The monoisotopic (exact) mass is 465 g/mol. The van der Waals surface area contributed by atoms with Gasteiger partial charge < -0.3 is 19.2 Å². The Kier molecular flexibility index (Phi) is 6.59. The molecular formula is C28H39N3O3. The maximum Gasteiger partial charge on any atom is 0.271 e. The Labute approximate surface area is 203 Å². The standard InChI is InChI=1S/C28H39N3O3/c1-20-12-14-22(15-13-20)31-26(32)24-17-16-23(25-11-8-18-34-25)30(24)19-28(31,2)27(33)29-21-9-6-4-3-5-7-10-21/h8,11,16-18,20-22H,3-7,9-10,12-15,19H2,1-2H3,(H,29,33)/t20?,22?,28-/m0/s1. The van der Waals surface area contributed by atoms with Crippen LogP contribution < -0.4 is 5.32 Å². The van der Waals surface area contributed by atoms with E-state index in [9.17, 15) is 9.59 Å². The van der Waals surface area contributed by atoms with Crippen LogP contribution >= 0.6 is 0 Å². The Bertz CT molecular complexity index is 994. The first-order chi connectivity index (χ1) is 16.5. The van der Waals surface area contributed by atoms with Crippen molar-refractivity contribution < 1.29 is 14.0 Å². The third kappa shape index (κ3) is 4.32. The summed E-state index contributed by atoms with van der Waals surface area (Å²) in [6.45, 7) is 4.72. The van der Waals surface area contributed by atoms with Gasteiger partial charge in [-0.1, -0.05) is 39.0 Å². The SMILES string of the molecule is CC1CCC(N2C(=O)c3ccc(-c4ccco4)n3C[C@@]2(C)C(=O)NC2CCCCCCC2)CC1. The third-order valence-corrected chi connectivity index (χ3v) is 8.47. The first-order valence-corrected chi connectivity index (χ1v) is 13.4. The van der Waals surface area contributed by atoms with Crippen LogP contribution in [0, 0.1) is 5.92 Å².